The van der Waals surface area contributed by atoms with E-state index in [1.54, 1.807) is 0 Å². The van der Waals surface area contributed by atoms with Crippen LogP contribution in [-0.2, 0) is 19.4 Å². The van der Waals surface area contributed by atoms with E-state index in [1.807, 2.05) is 0 Å². The molecule has 132 valence electrons. The molecule has 0 unspecified atom stereocenters. The van der Waals surface area contributed by atoms with Gasteiger partial charge in [-0.3, -0.25) is 0 Å². The second-order valence-electron chi connectivity index (χ2n) is 6.64. The zero-order valence-electron chi connectivity index (χ0n) is 15.6. The van der Waals surface area contributed by atoms with Gasteiger partial charge in [-0.25, -0.2) is 4.57 Å². The van der Waals surface area contributed by atoms with Crippen molar-refractivity contribution < 1.29 is 9.67 Å². The Balaban J connectivity index is 1.88. The zero-order chi connectivity index (χ0) is 17.9. The highest BCUT2D eigenvalue weighted by atomic mass is 16.2. The molecule has 0 spiro atoms. The number of hydrogen-bond acceptors (Lipinski definition) is 1. The number of unbranched alkanes of at least 4 members (excludes halogenated alkanes) is 1. The lowest BCUT2D eigenvalue weighted by molar-refractivity contribution is -0.696. The number of aliphatic hydroxyl groups is 1. The molecule has 25 heavy (non-hydrogen) atoms. The summed E-state index contributed by atoms with van der Waals surface area (Å²) in [5.41, 5.74) is 5.03. The predicted molar refractivity (Wildman–Crippen MR) is 103 cm³/mol. The van der Waals surface area contributed by atoms with E-state index in [4.69, 9.17) is 5.11 Å². The zero-order valence-corrected chi connectivity index (χ0v) is 15.6. The third-order valence-electron chi connectivity index (χ3n) is 4.24. The van der Waals surface area contributed by atoms with E-state index < -0.39 is 0 Å². The number of rotatable bonds is 8. The van der Waals surface area contributed by atoms with Gasteiger partial charge in [-0.15, -0.1) is 0 Å². The molecule has 1 aromatic heterocycles. The number of aryl methyl sites for hydroxylation is 4. The van der Waals surface area contributed by atoms with Crippen molar-refractivity contribution in [1.82, 2.24) is 0 Å². The first-order valence-electron chi connectivity index (χ1n) is 9.39. The van der Waals surface area contributed by atoms with Crippen LogP contribution in [0.2, 0.25) is 0 Å². The van der Waals surface area contributed by atoms with Crippen molar-refractivity contribution in [3.8, 4) is 11.8 Å². The van der Waals surface area contributed by atoms with E-state index in [-0.39, 0.29) is 6.61 Å². The van der Waals surface area contributed by atoms with Gasteiger partial charge in [0.2, 0.25) is 0 Å². The molecule has 0 radical (unpaired) electrons. The molecule has 0 fully saturated rings. The minimum Gasteiger partial charge on any atom is -0.396 e. The van der Waals surface area contributed by atoms with Crippen LogP contribution in [0.15, 0.2) is 42.7 Å². The topological polar surface area (TPSA) is 24.1 Å². The maximum atomic E-state index is 8.98. The van der Waals surface area contributed by atoms with Gasteiger partial charge in [0, 0.05) is 23.3 Å². The molecule has 0 aliphatic heterocycles. The lowest BCUT2D eigenvalue weighted by Crippen LogP contribution is -2.33. The minimum atomic E-state index is 0.247. The molecule has 0 saturated heterocycles. The lowest BCUT2D eigenvalue weighted by Gasteiger charge is -2.01. The fraction of sp³-hybridized carbons (Fsp3) is 0.435. The normalized spacial score (nSPS) is 10.4. The lowest BCUT2D eigenvalue weighted by atomic mass is 10.1. The van der Waals surface area contributed by atoms with Crippen molar-refractivity contribution >= 4 is 0 Å². The van der Waals surface area contributed by atoms with Crippen LogP contribution in [0.3, 0.4) is 0 Å². The highest BCUT2D eigenvalue weighted by Gasteiger charge is 2.04. The molecule has 2 nitrogen and oxygen atoms in total. The summed E-state index contributed by atoms with van der Waals surface area (Å²) >= 11 is 0. The van der Waals surface area contributed by atoms with Crippen molar-refractivity contribution in [2.45, 2.75) is 58.9 Å². The number of benzene rings is 1. The third kappa shape index (κ3) is 7.11. The van der Waals surface area contributed by atoms with Crippen molar-refractivity contribution in [2.75, 3.05) is 6.61 Å². The van der Waals surface area contributed by atoms with E-state index in [9.17, 15) is 0 Å². The Kier molecular flexibility index (Phi) is 8.22. The molecule has 0 bridgehead atoms. The van der Waals surface area contributed by atoms with Crippen LogP contribution < -0.4 is 4.57 Å². The fourth-order valence-electron chi connectivity index (χ4n) is 2.91. The highest BCUT2D eigenvalue weighted by molar-refractivity contribution is 5.36. The van der Waals surface area contributed by atoms with Gasteiger partial charge < -0.3 is 5.11 Å². The summed E-state index contributed by atoms with van der Waals surface area (Å²) < 4.78 is 2.21. The van der Waals surface area contributed by atoms with Crippen LogP contribution >= 0.6 is 0 Å². The Morgan fingerprint density at radius 2 is 1.76 bits per heavy atom. The summed E-state index contributed by atoms with van der Waals surface area (Å²) in [4.78, 5) is 0. The van der Waals surface area contributed by atoms with Gasteiger partial charge in [-0.1, -0.05) is 37.3 Å². The van der Waals surface area contributed by atoms with Gasteiger partial charge in [0.1, 0.15) is 0 Å². The van der Waals surface area contributed by atoms with E-state index in [0.717, 1.165) is 37.8 Å². The maximum absolute atomic E-state index is 8.98. The van der Waals surface area contributed by atoms with Crippen LogP contribution in [-0.4, -0.2) is 11.7 Å². The number of pyridine rings is 1. The second kappa shape index (κ2) is 10.7. The molecule has 1 heterocycles. The standard InChI is InChI=1S/C23H30NO/c1-3-4-8-21-11-13-22(14-12-21)9-5-6-15-24-18-20(2)17-23(19-24)10-7-16-25/h11-14,17-19,25H,3-4,6-8,10,15-16H2,1-2H3/q+1. The first-order valence-corrected chi connectivity index (χ1v) is 9.39. The molecular formula is C23H30NO+. The van der Waals surface area contributed by atoms with Crippen molar-refractivity contribution in [2.24, 2.45) is 0 Å². The van der Waals surface area contributed by atoms with Crippen LogP contribution in [0, 0.1) is 18.8 Å². The quantitative estimate of drug-likeness (QED) is 0.572. The number of hydrogen-bond donors (Lipinski definition) is 1. The first-order chi connectivity index (χ1) is 12.2. The SMILES string of the molecule is CCCCc1ccc(C#CCC[n+]2cc(C)cc(CCCO)c2)cc1. The summed E-state index contributed by atoms with van der Waals surface area (Å²) in [5.74, 6) is 6.55. The molecular weight excluding hydrogens is 306 g/mol. The fourth-order valence-corrected chi connectivity index (χ4v) is 2.91. The Hall–Kier alpha value is -2.11. The predicted octanol–water partition coefficient (Wildman–Crippen LogP) is 3.99. The average molecular weight is 336 g/mol. The Morgan fingerprint density at radius 1 is 1.00 bits per heavy atom. The van der Waals surface area contributed by atoms with Gasteiger partial charge in [0.05, 0.1) is 6.42 Å². The third-order valence-corrected chi connectivity index (χ3v) is 4.24. The summed E-state index contributed by atoms with van der Waals surface area (Å²) in [6, 6.07) is 10.8. The second-order valence-corrected chi connectivity index (χ2v) is 6.64. The smallest absolute Gasteiger partial charge is 0.172 e. The highest BCUT2D eigenvalue weighted by Crippen LogP contribution is 2.07. The van der Waals surface area contributed by atoms with E-state index in [2.05, 4.69) is 73.0 Å². The van der Waals surface area contributed by atoms with Crippen LogP contribution in [0.5, 0.6) is 0 Å². The van der Waals surface area contributed by atoms with Gasteiger partial charge in [-0.2, -0.15) is 0 Å². The van der Waals surface area contributed by atoms with E-state index in [1.165, 1.54) is 29.5 Å². The molecule has 2 rings (SSSR count). The molecule has 2 heteroatoms. The molecule has 0 atom stereocenters. The van der Waals surface area contributed by atoms with Crippen molar-refractivity contribution in [1.29, 1.82) is 0 Å². The number of aromatic nitrogens is 1. The summed E-state index contributed by atoms with van der Waals surface area (Å²) in [6.07, 6.45) is 10.6. The Bertz CT molecular complexity index is 707. The molecule has 1 N–H and O–H groups in total. The van der Waals surface area contributed by atoms with Crippen molar-refractivity contribution in [3.63, 3.8) is 0 Å². The minimum absolute atomic E-state index is 0.247. The summed E-state index contributed by atoms with van der Waals surface area (Å²) in [5, 5.41) is 8.98. The molecule has 0 amide bonds. The molecule has 0 aliphatic rings. The molecule has 0 saturated carbocycles. The largest absolute Gasteiger partial charge is 0.396 e. The summed E-state index contributed by atoms with van der Waals surface area (Å²) in [7, 11) is 0. The van der Waals surface area contributed by atoms with Crippen LogP contribution in [0.1, 0.15) is 54.9 Å². The molecule has 2 aromatic rings. The van der Waals surface area contributed by atoms with Gasteiger partial charge >= 0.3 is 0 Å². The van der Waals surface area contributed by atoms with Crippen LogP contribution in [0.25, 0.3) is 0 Å². The van der Waals surface area contributed by atoms with Gasteiger partial charge in [0.25, 0.3) is 0 Å². The Labute approximate surface area is 152 Å². The van der Waals surface area contributed by atoms with E-state index >= 15 is 0 Å². The van der Waals surface area contributed by atoms with Gasteiger partial charge in [0.15, 0.2) is 18.9 Å². The average Bonchev–Trinajstić information content (AvgIpc) is 2.62. The van der Waals surface area contributed by atoms with Gasteiger partial charge in [-0.05, 0) is 56.4 Å². The summed E-state index contributed by atoms with van der Waals surface area (Å²) in [6.45, 7) is 5.48. The monoisotopic (exact) mass is 336 g/mol. The molecule has 1 aromatic carbocycles. The van der Waals surface area contributed by atoms with E-state index in [0.29, 0.717) is 0 Å². The first kappa shape index (κ1) is 19.2. The number of nitrogens with zero attached hydrogens (tertiary/aromatic N) is 1. The Morgan fingerprint density at radius 3 is 2.48 bits per heavy atom. The molecule has 0 aliphatic carbocycles. The van der Waals surface area contributed by atoms with Crippen LogP contribution in [0.4, 0.5) is 0 Å². The number of aliphatic hydroxyl groups excluding tert-OH is 1. The maximum Gasteiger partial charge on any atom is 0.172 e. The van der Waals surface area contributed by atoms with Crippen molar-refractivity contribution in [3.05, 3.63) is 65.0 Å².